The summed E-state index contributed by atoms with van der Waals surface area (Å²) in [5, 5.41) is 7.54. The summed E-state index contributed by atoms with van der Waals surface area (Å²) in [4.78, 5) is 28.9. The predicted octanol–water partition coefficient (Wildman–Crippen LogP) is 2.54. The zero-order chi connectivity index (χ0) is 16.6. The highest BCUT2D eigenvalue weighted by Gasteiger charge is 2.17. The van der Waals surface area contributed by atoms with Crippen LogP contribution in [-0.2, 0) is 7.05 Å². The number of benzene rings is 1. The molecule has 0 aliphatic rings. The van der Waals surface area contributed by atoms with E-state index < -0.39 is 11.3 Å². The van der Waals surface area contributed by atoms with Crippen molar-refractivity contribution in [2.45, 2.75) is 6.92 Å². The molecule has 0 atom stereocenters. The maximum atomic E-state index is 12.5. The molecule has 2 heterocycles. The molecule has 1 aromatic carbocycles. The number of nitrogens with one attached hydrogen (secondary N) is 1. The fourth-order valence-corrected chi connectivity index (χ4v) is 2.38. The minimum atomic E-state index is -0.608. The van der Waals surface area contributed by atoms with Crippen LogP contribution >= 0.6 is 11.6 Å². The Hall–Kier alpha value is -2.73. The number of pyridine rings is 1. The number of hydrogen-bond acceptors (Lipinski definition) is 4. The molecule has 0 saturated heterocycles. The van der Waals surface area contributed by atoms with Crippen molar-refractivity contribution in [3.63, 3.8) is 0 Å². The summed E-state index contributed by atoms with van der Waals surface area (Å²) >= 11 is 5.75. The number of fused-ring (bicyclic) bond motifs is 1. The van der Waals surface area contributed by atoms with Gasteiger partial charge in [-0.05, 0) is 31.2 Å². The lowest BCUT2D eigenvalue weighted by molar-refractivity contribution is 0.101. The van der Waals surface area contributed by atoms with E-state index in [1.54, 1.807) is 25.2 Å². The molecule has 116 valence electrons. The van der Waals surface area contributed by atoms with E-state index in [1.165, 1.54) is 10.9 Å². The third-order valence-corrected chi connectivity index (χ3v) is 3.62. The lowest BCUT2D eigenvalue weighted by atomic mass is 10.1. The van der Waals surface area contributed by atoms with Gasteiger partial charge in [0.1, 0.15) is 5.82 Å². The highest BCUT2D eigenvalue weighted by atomic mass is 35.5. The smallest absolute Gasteiger partial charge is 0.281 e. The molecule has 0 aliphatic heterocycles. The number of carbonyl (C=O) groups excluding carboxylic acids is 1. The Balaban J connectivity index is 2.05. The van der Waals surface area contributed by atoms with Gasteiger partial charge in [-0.1, -0.05) is 23.2 Å². The highest BCUT2D eigenvalue weighted by molar-refractivity contribution is 6.30. The van der Waals surface area contributed by atoms with Gasteiger partial charge in [0.15, 0.2) is 5.69 Å². The zero-order valence-corrected chi connectivity index (χ0v) is 13.3. The van der Waals surface area contributed by atoms with Gasteiger partial charge >= 0.3 is 0 Å². The first-order valence-electron chi connectivity index (χ1n) is 6.86. The van der Waals surface area contributed by atoms with Crippen molar-refractivity contribution in [3.05, 3.63) is 63.0 Å². The number of aryl methyl sites for hydroxylation is 2. The molecule has 7 heteroatoms. The Labute approximate surface area is 136 Å². The van der Waals surface area contributed by atoms with Gasteiger partial charge < -0.3 is 5.32 Å². The number of nitrogens with zero attached hydrogens (tertiary/aromatic N) is 3. The number of carbonyl (C=O) groups is 1. The normalized spacial score (nSPS) is 10.7. The van der Waals surface area contributed by atoms with Crippen LogP contribution in [0.5, 0.6) is 0 Å². The lowest BCUT2D eigenvalue weighted by Gasteiger charge is -2.08. The van der Waals surface area contributed by atoms with Crippen LogP contribution in [-0.4, -0.2) is 20.7 Å². The standard InChI is InChI=1S/C16H13ClN4O2/c1-9-3-5-12-11(7-9)15(22)14(20-21(12)2)16(23)19-13-6-4-10(17)8-18-13/h3-8H,1-2H3,(H,18,19,23). The molecule has 23 heavy (non-hydrogen) atoms. The minimum absolute atomic E-state index is 0.178. The number of aromatic nitrogens is 3. The van der Waals surface area contributed by atoms with Crippen molar-refractivity contribution in [2.24, 2.45) is 7.05 Å². The third kappa shape index (κ3) is 2.93. The van der Waals surface area contributed by atoms with Gasteiger partial charge in [-0.15, -0.1) is 0 Å². The van der Waals surface area contributed by atoms with Crippen LogP contribution in [0.25, 0.3) is 10.9 Å². The molecule has 1 amide bonds. The molecular formula is C16H13ClN4O2. The van der Waals surface area contributed by atoms with Gasteiger partial charge in [-0.2, -0.15) is 5.10 Å². The Morgan fingerprint density at radius 2 is 2.04 bits per heavy atom. The van der Waals surface area contributed by atoms with Gasteiger partial charge in [0.25, 0.3) is 5.91 Å². The minimum Gasteiger partial charge on any atom is -0.305 e. The Morgan fingerprint density at radius 3 is 2.74 bits per heavy atom. The van der Waals surface area contributed by atoms with Gasteiger partial charge in [-0.25, -0.2) is 4.98 Å². The van der Waals surface area contributed by atoms with Crippen molar-refractivity contribution < 1.29 is 4.79 Å². The first-order chi connectivity index (χ1) is 11.0. The third-order valence-electron chi connectivity index (χ3n) is 3.39. The van der Waals surface area contributed by atoms with E-state index in [0.717, 1.165) is 5.56 Å². The Morgan fingerprint density at radius 1 is 1.26 bits per heavy atom. The summed E-state index contributed by atoms with van der Waals surface area (Å²) in [7, 11) is 1.69. The SMILES string of the molecule is Cc1ccc2c(c1)c(=O)c(C(=O)Nc1ccc(Cl)cn1)nn2C. The van der Waals surface area contributed by atoms with Crippen molar-refractivity contribution in [1.82, 2.24) is 14.8 Å². The van der Waals surface area contributed by atoms with Crippen molar-refractivity contribution in [3.8, 4) is 0 Å². The van der Waals surface area contributed by atoms with Crippen molar-refractivity contribution in [1.29, 1.82) is 0 Å². The van der Waals surface area contributed by atoms with E-state index in [1.807, 2.05) is 19.1 Å². The summed E-state index contributed by atoms with van der Waals surface area (Å²) in [6, 6.07) is 8.59. The van der Waals surface area contributed by atoms with Crippen LogP contribution in [0.15, 0.2) is 41.3 Å². The van der Waals surface area contributed by atoms with Gasteiger partial charge in [0, 0.05) is 13.2 Å². The zero-order valence-electron chi connectivity index (χ0n) is 12.5. The first-order valence-corrected chi connectivity index (χ1v) is 7.24. The number of hydrogen-bond donors (Lipinski definition) is 1. The second-order valence-corrected chi connectivity index (χ2v) is 5.57. The monoisotopic (exact) mass is 328 g/mol. The Kier molecular flexibility index (Phi) is 3.83. The fraction of sp³-hybridized carbons (Fsp3) is 0.125. The van der Waals surface area contributed by atoms with Crippen LogP contribution in [0.1, 0.15) is 16.1 Å². The van der Waals surface area contributed by atoms with Crippen LogP contribution in [0.3, 0.4) is 0 Å². The summed E-state index contributed by atoms with van der Waals surface area (Å²) in [6.45, 7) is 1.89. The molecule has 2 aromatic heterocycles. The largest absolute Gasteiger partial charge is 0.305 e. The maximum absolute atomic E-state index is 12.5. The number of amides is 1. The molecule has 0 unspecified atom stereocenters. The average Bonchev–Trinajstić information content (AvgIpc) is 2.53. The summed E-state index contributed by atoms with van der Waals surface area (Å²) in [5.74, 6) is -0.309. The molecule has 6 nitrogen and oxygen atoms in total. The topological polar surface area (TPSA) is 76.9 Å². The molecule has 0 saturated carbocycles. The van der Waals surface area contributed by atoms with Gasteiger partial charge in [-0.3, -0.25) is 14.3 Å². The lowest BCUT2D eigenvalue weighted by Crippen LogP contribution is -2.26. The highest BCUT2D eigenvalue weighted by Crippen LogP contribution is 2.13. The van der Waals surface area contributed by atoms with E-state index in [0.29, 0.717) is 21.7 Å². The van der Waals surface area contributed by atoms with E-state index in [-0.39, 0.29) is 5.69 Å². The molecule has 1 N–H and O–H groups in total. The maximum Gasteiger partial charge on any atom is 0.281 e. The summed E-state index contributed by atoms with van der Waals surface area (Å²) in [5.41, 5.74) is 1.02. The van der Waals surface area contributed by atoms with Gasteiger partial charge in [0.2, 0.25) is 5.43 Å². The summed E-state index contributed by atoms with van der Waals surface area (Å²) < 4.78 is 1.51. The van der Waals surface area contributed by atoms with E-state index in [4.69, 9.17) is 11.6 Å². The van der Waals surface area contributed by atoms with Crippen LogP contribution in [0.4, 0.5) is 5.82 Å². The van der Waals surface area contributed by atoms with Gasteiger partial charge in [0.05, 0.1) is 15.9 Å². The van der Waals surface area contributed by atoms with Crippen LogP contribution in [0, 0.1) is 6.92 Å². The van der Waals surface area contributed by atoms with Crippen molar-refractivity contribution in [2.75, 3.05) is 5.32 Å². The average molecular weight is 329 g/mol. The van der Waals surface area contributed by atoms with Crippen molar-refractivity contribution >= 4 is 34.2 Å². The van der Waals surface area contributed by atoms with E-state index in [9.17, 15) is 9.59 Å². The van der Waals surface area contributed by atoms with Crippen LogP contribution < -0.4 is 10.7 Å². The molecule has 0 radical (unpaired) electrons. The number of halogens is 1. The molecule has 0 fully saturated rings. The molecular weight excluding hydrogens is 316 g/mol. The molecule has 0 bridgehead atoms. The van der Waals surface area contributed by atoms with E-state index >= 15 is 0 Å². The first kappa shape index (κ1) is 15.2. The quantitative estimate of drug-likeness (QED) is 0.784. The van der Waals surface area contributed by atoms with E-state index in [2.05, 4.69) is 15.4 Å². The van der Waals surface area contributed by atoms with Crippen LogP contribution in [0.2, 0.25) is 5.02 Å². The predicted molar refractivity (Wildman–Crippen MR) is 88.9 cm³/mol. The summed E-state index contributed by atoms with van der Waals surface area (Å²) in [6.07, 6.45) is 1.41. The molecule has 0 spiro atoms. The Bertz CT molecular complexity index is 964. The molecule has 0 aliphatic carbocycles. The fourth-order valence-electron chi connectivity index (χ4n) is 2.26. The molecule has 3 aromatic rings. The number of anilines is 1. The number of rotatable bonds is 2. The second-order valence-electron chi connectivity index (χ2n) is 5.14. The molecule has 3 rings (SSSR count). The second kappa shape index (κ2) is 5.81.